The third-order valence-corrected chi connectivity index (χ3v) is 5.11. The largest absolute Gasteiger partial charge is 0.457 e. The van der Waals surface area contributed by atoms with Gasteiger partial charge in [0.1, 0.15) is 12.2 Å². The molecule has 0 aliphatic heterocycles. The van der Waals surface area contributed by atoms with Gasteiger partial charge in [0, 0.05) is 0 Å². The van der Waals surface area contributed by atoms with Crippen LogP contribution in [-0.4, -0.2) is 11.9 Å². The molecule has 0 spiro atoms. The van der Waals surface area contributed by atoms with Crippen LogP contribution in [-0.2, 0) is 19.1 Å². The maximum absolute atomic E-state index is 12.6. The average molecular weight is 397 g/mol. The van der Waals surface area contributed by atoms with Gasteiger partial charge in [0.2, 0.25) is 0 Å². The lowest BCUT2D eigenvalue weighted by molar-refractivity contribution is -0.158. The molecule has 0 amide bonds. The quantitative estimate of drug-likeness (QED) is 0.460. The van der Waals surface area contributed by atoms with Crippen molar-refractivity contribution in [3.63, 3.8) is 0 Å². The first-order valence-corrected chi connectivity index (χ1v) is 10.5. The second kappa shape index (κ2) is 11.4. The molecule has 2 aromatic carbocycles. The number of carbonyl (C=O) groups excluding carboxylic acids is 2. The zero-order valence-electron chi connectivity index (χ0n) is 17.8. The average Bonchev–Trinajstić information content (AvgIpc) is 2.76. The predicted molar refractivity (Wildman–Crippen MR) is 114 cm³/mol. The van der Waals surface area contributed by atoms with E-state index in [0.717, 1.165) is 11.1 Å². The third kappa shape index (κ3) is 6.74. The van der Waals surface area contributed by atoms with Gasteiger partial charge in [-0.15, -0.1) is 0 Å². The Morgan fingerprint density at radius 3 is 1.34 bits per heavy atom. The van der Waals surface area contributed by atoms with Gasteiger partial charge in [-0.1, -0.05) is 88.4 Å². The van der Waals surface area contributed by atoms with E-state index in [0.29, 0.717) is 19.3 Å². The van der Waals surface area contributed by atoms with E-state index >= 15 is 0 Å². The monoisotopic (exact) mass is 396 g/mol. The summed E-state index contributed by atoms with van der Waals surface area (Å²) < 4.78 is 11.4. The van der Waals surface area contributed by atoms with E-state index in [1.807, 2.05) is 74.5 Å². The van der Waals surface area contributed by atoms with E-state index < -0.39 is 0 Å². The number of hydrogen-bond acceptors (Lipinski definition) is 4. The van der Waals surface area contributed by atoms with Crippen molar-refractivity contribution in [2.45, 2.75) is 59.2 Å². The number of benzene rings is 2. The van der Waals surface area contributed by atoms with Crippen LogP contribution in [0.3, 0.4) is 0 Å². The summed E-state index contributed by atoms with van der Waals surface area (Å²) >= 11 is 0. The van der Waals surface area contributed by atoms with E-state index in [4.69, 9.17) is 9.47 Å². The lowest BCUT2D eigenvalue weighted by atomic mass is 9.97. The molecule has 0 aliphatic rings. The van der Waals surface area contributed by atoms with Gasteiger partial charge in [-0.2, -0.15) is 0 Å². The van der Waals surface area contributed by atoms with E-state index in [2.05, 4.69) is 0 Å². The predicted octanol–water partition coefficient (Wildman–Crippen LogP) is 6.04. The van der Waals surface area contributed by atoms with Crippen LogP contribution in [0.1, 0.15) is 70.3 Å². The van der Waals surface area contributed by atoms with Crippen LogP contribution < -0.4 is 0 Å². The van der Waals surface area contributed by atoms with Gasteiger partial charge in [0.05, 0.1) is 11.8 Å². The van der Waals surface area contributed by atoms with Crippen molar-refractivity contribution < 1.29 is 19.1 Å². The normalized spacial score (nSPS) is 15.0. The second-order valence-corrected chi connectivity index (χ2v) is 7.53. The highest BCUT2D eigenvalue weighted by Crippen LogP contribution is 2.26. The van der Waals surface area contributed by atoms with Crippen molar-refractivity contribution in [3.05, 3.63) is 71.8 Å². The maximum atomic E-state index is 12.6. The Morgan fingerprint density at radius 2 is 1.03 bits per heavy atom. The van der Waals surface area contributed by atoms with Crippen LogP contribution in [0, 0.1) is 11.8 Å². The molecule has 4 atom stereocenters. The first-order valence-electron chi connectivity index (χ1n) is 10.5. The van der Waals surface area contributed by atoms with E-state index in [-0.39, 0.29) is 36.0 Å². The van der Waals surface area contributed by atoms with Crippen molar-refractivity contribution in [2.24, 2.45) is 11.8 Å². The van der Waals surface area contributed by atoms with Crippen LogP contribution in [0.25, 0.3) is 0 Å². The molecule has 0 fully saturated rings. The number of esters is 2. The molecule has 29 heavy (non-hydrogen) atoms. The highest BCUT2D eigenvalue weighted by atomic mass is 16.5. The van der Waals surface area contributed by atoms with Gasteiger partial charge in [-0.3, -0.25) is 9.59 Å². The van der Waals surface area contributed by atoms with E-state index in [1.165, 1.54) is 0 Å². The van der Waals surface area contributed by atoms with Crippen LogP contribution in [0.2, 0.25) is 0 Å². The minimum absolute atomic E-state index is 0.268. The van der Waals surface area contributed by atoms with Gasteiger partial charge in [-0.05, 0) is 30.4 Å². The Labute approximate surface area is 174 Å². The minimum Gasteiger partial charge on any atom is -0.457 e. The van der Waals surface area contributed by atoms with Gasteiger partial charge < -0.3 is 9.47 Å². The van der Waals surface area contributed by atoms with Crippen LogP contribution >= 0.6 is 0 Å². The molecule has 0 aliphatic carbocycles. The zero-order chi connectivity index (χ0) is 21.2. The lowest BCUT2D eigenvalue weighted by Crippen LogP contribution is -2.24. The molecule has 0 aromatic heterocycles. The molecular formula is C25H32O4. The lowest BCUT2D eigenvalue weighted by Gasteiger charge is -2.22. The minimum atomic E-state index is -0.382. The Bertz CT molecular complexity index is 691. The van der Waals surface area contributed by atoms with Crippen LogP contribution in [0.4, 0.5) is 0 Å². The second-order valence-electron chi connectivity index (χ2n) is 7.53. The van der Waals surface area contributed by atoms with Crippen molar-refractivity contribution in [3.8, 4) is 0 Å². The van der Waals surface area contributed by atoms with Crippen molar-refractivity contribution in [1.82, 2.24) is 0 Å². The van der Waals surface area contributed by atoms with Crippen molar-refractivity contribution >= 4 is 11.9 Å². The molecule has 2 aromatic rings. The Balaban J connectivity index is 1.90. The van der Waals surface area contributed by atoms with E-state index in [1.54, 1.807) is 13.8 Å². The SMILES string of the molecule is CCC(OC(=O)C(C)CC(C)C(=O)OC(CC)c1ccccc1)c1ccccc1. The summed E-state index contributed by atoms with van der Waals surface area (Å²) in [5.74, 6) is -1.33. The molecule has 4 unspecified atom stereocenters. The molecule has 0 saturated heterocycles. The molecular weight excluding hydrogens is 364 g/mol. The standard InChI is InChI=1S/C25H32O4/c1-5-22(20-13-9-7-10-14-20)28-24(26)18(3)17-19(4)25(27)29-23(6-2)21-15-11-8-12-16-21/h7-16,18-19,22-23H,5-6,17H2,1-4H3. The van der Waals surface area contributed by atoms with E-state index in [9.17, 15) is 9.59 Å². The summed E-state index contributed by atoms with van der Waals surface area (Å²) in [6, 6.07) is 19.4. The third-order valence-electron chi connectivity index (χ3n) is 5.11. The first-order chi connectivity index (χ1) is 14.0. The van der Waals surface area contributed by atoms with Crippen molar-refractivity contribution in [2.75, 3.05) is 0 Å². The van der Waals surface area contributed by atoms with Crippen LogP contribution in [0.5, 0.6) is 0 Å². The zero-order valence-corrected chi connectivity index (χ0v) is 17.8. The molecule has 0 bridgehead atoms. The highest BCUT2D eigenvalue weighted by Gasteiger charge is 2.27. The first kappa shape index (κ1) is 22.7. The Kier molecular flexibility index (Phi) is 8.91. The fourth-order valence-electron chi connectivity index (χ4n) is 3.35. The van der Waals surface area contributed by atoms with Gasteiger partial charge in [0.15, 0.2) is 0 Å². The number of hydrogen-bond donors (Lipinski definition) is 0. The maximum Gasteiger partial charge on any atom is 0.309 e. The number of rotatable bonds is 10. The topological polar surface area (TPSA) is 52.6 Å². The Morgan fingerprint density at radius 1 is 0.690 bits per heavy atom. The molecule has 2 rings (SSSR count). The fourth-order valence-corrected chi connectivity index (χ4v) is 3.35. The summed E-state index contributed by atoms with van der Waals surface area (Å²) in [7, 11) is 0. The molecule has 0 saturated carbocycles. The number of ether oxygens (including phenoxy) is 2. The summed E-state index contributed by atoms with van der Waals surface area (Å²) in [6.45, 7) is 7.59. The van der Waals surface area contributed by atoms with Gasteiger partial charge >= 0.3 is 11.9 Å². The molecule has 0 N–H and O–H groups in total. The highest BCUT2D eigenvalue weighted by molar-refractivity contribution is 5.76. The van der Waals surface area contributed by atoms with Crippen molar-refractivity contribution in [1.29, 1.82) is 0 Å². The fraction of sp³-hybridized carbons (Fsp3) is 0.440. The van der Waals surface area contributed by atoms with Crippen LogP contribution in [0.15, 0.2) is 60.7 Å². The smallest absolute Gasteiger partial charge is 0.309 e. The summed E-state index contributed by atoms with van der Waals surface area (Å²) in [6.07, 6.45) is 1.27. The summed E-state index contributed by atoms with van der Waals surface area (Å²) in [5.41, 5.74) is 1.97. The molecule has 4 nitrogen and oxygen atoms in total. The Hall–Kier alpha value is -2.62. The van der Waals surface area contributed by atoms with Gasteiger partial charge in [0.25, 0.3) is 0 Å². The molecule has 0 heterocycles. The number of carbonyl (C=O) groups is 2. The summed E-state index contributed by atoms with van der Waals surface area (Å²) in [5, 5.41) is 0. The summed E-state index contributed by atoms with van der Waals surface area (Å²) in [4.78, 5) is 25.1. The molecule has 0 radical (unpaired) electrons. The van der Waals surface area contributed by atoms with Gasteiger partial charge in [-0.25, -0.2) is 0 Å². The molecule has 4 heteroatoms. The molecule has 156 valence electrons.